The molecule has 0 aromatic heterocycles. The van der Waals surface area contributed by atoms with Gasteiger partial charge in [0.05, 0.1) is 5.92 Å². The van der Waals surface area contributed by atoms with Crippen LogP contribution in [0.4, 0.5) is 4.39 Å². The zero-order valence-corrected chi connectivity index (χ0v) is 16.1. The van der Waals surface area contributed by atoms with E-state index in [1.165, 1.54) is 24.3 Å². The second kappa shape index (κ2) is 7.02. The maximum absolute atomic E-state index is 13.3. The van der Waals surface area contributed by atoms with Crippen molar-refractivity contribution in [2.45, 2.75) is 12.0 Å². The Hall–Kier alpha value is -3.17. The third-order valence-electron chi connectivity index (χ3n) is 5.41. The fourth-order valence-corrected chi connectivity index (χ4v) is 4.18. The van der Waals surface area contributed by atoms with E-state index in [2.05, 4.69) is 0 Å². The van der Waals surface area contributed by atoms with E-state index in [0.29, 0.717) is 16.3 Å². The average Bonchev–Trinajstić information content (AvgIpc) is 3.14. The van der Waals surface area contributed by atoms with Crippen LogP contribution in [0.25, 0.3) is 10.8 Å². The van der Waals surface area contributed by atoms with Gasteiger partial charge in [0, 0.05) is 16.1 Å². The monoisotopic (exact) mass is 402 g/mol. The van der Waals surface area contributed by atoms with E-state index in [4.69, 9.17) is 16.3 Å². The SMILES string of the molecule is O=C(c1ccc(F)cc1)[C@H]1Oc2ccc3ccccc3c2[C@@H]1c1ccc(Cl)cc1. The van der Waals surface area contributed by atoms with Crippen LogP contribution in [0, 0.1) is 5.82 Å². The molecule has 0 amide bonds. The minimum absolute atomic E-state index is 0.176. The van der Waals surface area contributed by atoms with Crippen molar-refractivity contribution in [3.63, 3.8) is 0 Å². The number of hydrogen-bond acceptors (Lipinski definition) is 2. The molecule has 0 N–H and O–H groups in total. The number of Topliss-reactive ketones (excluding diaryl/α,β-unsaturated/α-hetero) is 1. The number of ketones is 1. The van der Waals surface area contributed by atoms with Gasteiger partial charge >= 0.3 is 0 Å². The summed E-state index contributed by atoms with van der Waals surface area (Å²) in [6, 6.07) is 25.1. The molecule has 4 aromatic carbocycles. The number of hydrogen-bond donors (Lipinski definition) is 0. The third-order valence-corrected chi connectivity index (χ3v) is 5.67. The molecule has 2 nitrogen and oxygen atoms in total. The standard InChI is InChI=1S/C25H16ClFO2/c26-18-10-5-16(6-11-18)22-23-20-4-2-1-3-15(20)9-14-21(23)29-25(22)24(28)17-7-12-19(27)13-8-17/h1-14,22,25H/t22-,25-/m0/s1. The quantitative estimate of drug-likeness (QED) is 0.370. The van der Waals surface area contributed by atoms with Gasteiger partial charge in [-0.2, -0.15) is 0 Å². The molecule has 0 bridgehead atoms. The summed E-state index contributed by atoms with van der Waals surface area (Å²) in [7, 11) is 0. The fraction of sp³-hybridized carbons (Fsp3) is 0.0800. The Morgan fingerprint density at radius 2 is 1.59 bits per heavy atom. The van der Waals surface area contributed by atoms with Crippen LogP contribution in [0.15, 0.2) is 84.9 Å². The first-order valence-electron chi connectivity index (χ1n) is 9.35. The number of halogens is 2. The van der Waals surface area contributed by atoms with Crippen molar-refractivity contribution in [3.05, 3.63) is 112 Å². The fourth-order valence-electron chi connectivity index (χ4n) is 4.05. The third kappa shape index (κ3) is 3.08. The van der Waals surface area contributed by atoms with Crippen LogP contribution in [0.1, 0.15) is 27.4 Å². The van der Waals surface area contributed by atoms with Gasteiger partial charge < -0.3 is 4.74 Å². The summed E-state index contributed by atoms with van der Waals surface area (Å²) in [5.74, 6) is -0.141. The van der Waals surface area contributed by atoms with Crippen molar-refractivity contribution in [2.75, 3.05) is 0 Å². The Kier molecular flexibility index (Phi) is 4.33. The topological polar surface area (TPSA) is 26.3 Å². The Bertz CT molecular complexity index is 1220. The average molecular weight is 403 g/mol. The van der Waals surface area contributed by atoms with Crippen LogP contribution in [0.5, 0.6) is 5.75 Å². The van der Waals surface area contributed by atoms with Crippen molar-refractivity contribution in [3.8, 4) is 5.75 Å². The predicted octanol–water partition coefficient (Wildman–Crippen LogP) is 6.41. The van der Waals surface area contributed by atoms with Crippen LogP contribution in [-0.2, 0) is 0 Å². The molecule has 0 spiro atoms. The summed E-state index contributed by atoms with van der Waals surface area (Å²) >= 11 is 6.09. The molecule has 1 aliphatic rings. The molecule has 4 heteroatoms. The lowest BCUT2D eigenvalue weighted by atomic mass is 9.83. The van der Waals surface area contributed by atoms with Crippen molar-refractivity contribution < 1.29 is 13.9 Å². The molecule has 0 fully saturated rings. The summed E-state index contributed by atoms with van der Waals surface area (Å²) in [6.45, 7) is 0. The van der Waals surface area contributed by atoms with Crippen molar-refractivity contribution >= 4 is 28.2 Å². The van der Waals surface area contributed by atoms with E-state index < -0.39 is 6.10 Å². The Morgan fingerprint density at radius 1 is 0.862 bits per heavy atom. The summed E-state index contributed by atoms with van der Waals surface area (Å²) in [6.07, 6.45) is -0.734. The molecule has 1 aliphatic heterocycles. The Morgan fingerprint density at radius 3 is 2.34 bits per heavy atom. The van der Waals surface area contributed by atoms with Gasteiger partial charge in [0.25, 0.3) is 0 Å². The number of ether oxygens (including phenoxy) is 1. The lowest BCUT2D eigenvalue weighted by Gasteiger charge is -2.19. The molecular weight excluding hydrogens is 387 g/mol. The van der Waals surface area contributed by atoms with E-state index in [1.54, 1.807) is 0 Å². The Balaban J connectivity index is 1.68. The van der Waals surface area contributed by atoms with E-state index in [9.17, 15) is 9.18 Å². The predicted molar refractivity (Wildman–Crippen MR) is 112 cm³/mol. The Labute approximate surface area is 172 Å². The first-order chi connectivity index (χ1) is 14.1. The van der Waals surface area contributed by atoms with Gasteiger partial charge in [0.2, 0.25) is 5.78 Å². The van der Waals surface area contributed by atoms with Gasteiger partial charge in [-0.25, -0.2) is 4.39 Å². The molecule has 5 rings (SSSR count). The van der Waals surface area contributed by atoms with Gasteiger partial charge in [-0.05, 0) is 58.8 Å². The van der Waals surface area contributed by atoms with E-state index in [1.807, 2.05) is 60.7 Å². The molecule has 142 valence electrons. The summed E-state index contributed by atoms with van der Waals surface area (Å²) in [5.41, 5.74) is 2.36. The molecule has 0 radical (unpaired) electrons. The smallest absolute Gasteiger partial charge is 0.204 e. The lowest BCUT2D eigenvalue weighted by molar-refractivity contribution is 0.0806. The normalized spacial score (nSPS) is 17.7. The first-order valence-corrected chi connectivity index (χ1v) is 9.73. The molecule has 0 aliphatic carbocycles. The zero-order chi connectivity index (χ0) is 20.0. The van der Waals surface area contributed by atoms with Crippen LogP contribution in [-0.4, -0.2) is 11.9 Å². The largest absolute Gasteiger partial charge is 0.481 e. The van der Waals surface area contributed by atoms with Gasteiger partial charge in [0.15, 0.2) is 6.10 Å². The van der Waals surface area contributed by atoms with Gasteiger partial charge in [-0.3, -0.25) is 4.79 Å². The molecule has 0 unspecified atom stereocenters. The molecule has 1 heterocycles. The van der Waals surface area contributed by atoms with Gasteiger partial charge in [-0.1, -0.05) is 54.1 Å². The van der Waals surface area contributed by atoms with E-state index in [0.717, 1.165) is 21.9 Å². The highest BCUT2D eigenvalue weighted by molar-refractivity contribution is 6.30. The van der Waals surface area contributed by atoms with Crippen molar-refractivity contribution in [1.82, 2.24) is 0 Å². The van der Waals surface area contributed by atoms with Crippen LogP contribution >= 0.6 is 11.6 Å². The highest BCUT2D eigenvalue weighted by Crippen LogP contribution is 2.47. The van der Waals surface area contributed by atoms with Crippen LogP contribution < -0.4 is 4.74 Å². The zero-order valence-electron chi connectivity index (χ0n) is 15.3. The molecular formula is C25H16ClFO2. The number of rotatable bonds is 3. The van der Waals surface area contributed by atoms with Gasteiger partial charge in [-0.15, -0.1) is 0 Å². The molecule has 29 heavy (non-hydrogen) atoms. The van der Waals surface area contributed by atoms with E-state index >= 15 is 0 Å². The second-order valence-electron chi connectivity index (χ2n) is 7.14. The second-order valence-corrected chi connectivity index (χ2v) is 7.57. The maximum Gasteiger partial charge on any atom is 0.204 e. The molecule has 0 saturated carbocycles. The molecule has 2 atom stereocenters. The highest BCUT2D eigenvalue weighted by atomic mass is 35.5. The van der Waals surface area contributed by atoms with Crippen molar-refractivity contribution in [2.24, 2.45) is 0 Å². The van der Waals surface area contributed by atoms with Crippen LogP contribution in [0.2, 0.25) is 5.02 Å². The van der Waals surface area contributed by atoms with Gasteiger partial charge in [0.1, 0.15) is 11.6 Å². The molecule has 4 aromatic rings. The van der Waals surface area contributed by atoms with Crippen molar-refractivity contribution in [1.29, 1.82) is 0 Å². The summed E-state index contributed by atoms with van der Waals surface area (Å²) < 4.78 is 19.5. The number of fused-ring (bicyclic) bond motifs is 3. The molecule has 0 saturated heterocycles. The first kappa shape index (κ1) is 17.9. The number of carbonyl (C=O) groups is 1. The number of benzene rings is 4. The van der Waals surface area contributed by atoms with E-state index in [-0.39, 0.29) is 17.5 Å². The minimum atomic E-state index is -0.734. The maximum atomic E-state index is 13.3. The van der Waals surface area contributed by atoms with Crippen LogP contribution in [0.3, 0.4) is 0 Å². The summed E-state index contributed by atoms with van der Waals surface area (Å²) in [5, 5.41) is 2.77. The summed E-state index contributed by atoms with van der Waals surface area (Å²) in [4.78, 5) is 13.3. The highest BCUT2D eigenvalue weighted by Gasteiger charge is 2.41. The minimum Gasteiger partial charge on any atom is -0.481 e. The lowest BCUT2D eigenvalue weighted by Crippen LogP contribution is -2.30. The number of carbonyl (C=O) groups excluding carboxylic acids is 1.